The molecule has 1 aliphatic rings. The summed E-state index contributed by atoms with van der Waals surface area (Å²) < 4.78 is 10.3. The van der Waals surface area contributed by atoms with E-state index in [4.69, 9.17) is 4.74 Å². The van der Waals surface area contributed by atoms with Gasteiger partial charge in [0, 0.05) is 18.7 Å². The first kappa shape index (κ1) is 17.3. The van der Waals surface area contributed by atoms with E-state index in [1.165, 1.54) is 25.3 Å². The predicted molar refractivity (Wildman–Crippen MR) is 84.5 cm³/mol. The fourth-order valence-electron chi connectivity index (χ4n) is 2.73. The molecule has 0 spiro atoms. The van der Waals surface area contributed by atoms with Crippen LogP contribution in [0.2, 0.25) is 0 Å². The van der Waals surface area contributed by atoms with Crippen molar-refractivity contribution in [2.24, 2.45) is 5.92 Å². The minimum atomic E-state index is -0.588. The van der Waals surface area contributed by atoms with Gasteiger partial charge in [-0.15, -0.1) is 0 Å². The van der Waals surface area contributed by atoms with Crippen LogP contribution in [0.5, 0.6) is 5.75 Å². The first-order chi connectivity index (χ1) is 10.9. The predicted octanol–water partition coefficient (Wildman–Crippen LogP) is 2.07. The Labute approximate surface area is 136 Å². The molecule has 1 fully saturated rings. The molecule has 1 amide bonds. The summed E-state index contributed by atoms with van der Waals surface area (Å²) in [6, 6.07) is 4.09. The van der Waals surface area contributed by atoms with E-state index in [1.807, 2.05) is 0 Å². The van der Waals surface area contributed by atoms with Crippen LogP contribution in [-0.4, -0.2) is 54.8 Å². The Bertz CT molecular complexity index is 584. The maximum absolute atomic E-state index is 12.7. The van der Waals surface area contributed by atoms with Crippen LogP contribution in [0.15, 0.2) is 18.2 Å². The van der Waals surface area contributed by atoms with E-state index in [2.05, 4.69) is 18.6 Å². The number of benzene rings is 1. The van der Waals surface area contributed by atoms with Crippen LogP contribution in [-0.2, 0) is 9.47 Å². The summed E-state index contributed by atoms with van der Waals surface area (Å²) in [5, 5.41) is 9.75. The third kappa shape index (κ3) is 4.45. The number of nitrogens with zero attached hydrogens (tertiary/aromatic N) is 1. The molecule has 1 aliphatic heterocycles. The molecule has 23 heavy (non-hydrogen) atoms. The number of phenolic OH excluding ortho intramolecular Hbond substituents is 1. The van der Waals surface area contributed by atoms with Crippen molar-refractivity contribution < 1.29 is 24.2 Å². The van der Waals surface area contributed by atoms with Crippen LogP contribution in [0.25, 0.3) is 0 Å². The zero-order chi connectivity index (χ0) is 17.0. The number of carbonyl (C=O) groups is 2. The Balaban J connectivity index is 2.16. The lowest BCUT2D eigenvalue weighted by Crippen LogP contribution is -2.46. The lowest BCUT2D eigenvalue weighted by molar-refractivity contribution is -0.0298. The number of aromatic hydroxyl groups is 1. The molecule has 126 valence electrons. The monoisotopic (exact) mass is 321 g/mol. The summed E-state index contributed by atoms with van der Waals surface area (Å²) >= 11 is 0. The minimum Gasteiger partial charge on any atom is -0.508 e. The molecule has 6 heteroatoms. The highest BCUT2D eigenvalue weighted by Gasteiger charge is 2.26. The van der Waals surface area contributed by atoms with Gasteiger partial charge in [0.15, 0.2) is 0 Å². The van der Waals surface area contributed by atoms with Crippen LogP contribution in [0.4, 0.5) is 0 Å². The molecule has 0 aliphatic carbocycles. The smallest absolute Gasteiger partial charge is 0.338 e. The Hall–Kier alpha value is -2.08. The summed E-state index contributed by atoms with van der Waals surface area (Å²) in [6.07, 6.45) is 0.905. The van der Waals surface area contributed by atoms with Crippen molar-refractivity contribution >= 4 is 11.9 Å². The van der Waals surface area contributed by atoms with E-state index in [9.17, 15) is 14.7 Å². The molecule has 2 rings (SSSR count). The Morgan fingerprint density at radius 1 is 1.35 bits per heavy atom. The zero-order valence-electron chi connectivity index (χ0n) is 13.7. The van der Waals surface area contributed by atoms with Gasteiger partial charge in [-0.1, -0.05) is 13.8 Å². The van der Waals surface area contributed by atoms with Gasteiger partial charge in [0.05, 0.1) is 25.4 Å². The number of phenols is 1. The molecule has 0 radical (unpaired) electrons. The fraction of sp³-hybridized carbons (Fsp3) is 0.529. The molecule has 1 aromatic carbocycles. The normalized spacial score (nSPS) is 18.1. The molecule has 1 heterocycles. The van der Waals surface area contributed by atoms with Crippen molar-refractivity contribution in [2.45, 2.75) is 26.4 Å². The number of amides is 1. The summed E-state index contributed by atoms with van der Waals surface area (Å²) in [4.78, 5) is 26.0. The average molecular weight is 321 g/mol. The third-order valence-corrected chi connectivity index (χ3v) is 3.75. The molecule has 1 saturated heterocycles. The molecule has 0 unspecified atom stereocenters. The molecule has 6 nitrogen and oxygen atoms in total. The molecule has 1 aromatic rings. The molecular weight excluding hydrogens is 298 g/mol. The highest BCUT2D eigenvalue weighted by Crippen LogP contribution is 2.20. The van der Waals surface area contributed by atoms with Gasteiger partial charge in [-0.2, -0.15) is 0 Å². The van der Waals surface area contributed by atoms with Crippen LogP contribution in [0.1, 0.15) is 41.0 Å². The number of hydrogen-bond donors (Lipinski definition) is 1. The van der Waals surface area contributed by atoms with Gasteiger partial charge in [0.25, 0.3) is 5.91 Å². The minimum absolute atomic E-state index is 0.0186. The fourth-order valence-corrected chi connectivity index (χ4v) is 2.73. The van der Waals surface area contributed by atoms with Crippen molar-refractivity contribution in [3.8, 4) is 5.75 Å². The molecule has 1 N–H and O–H groups in total. The first-order valence-corrected chi connectivity index (χ1v) is 7.74. The Kier molecular flexibility index (Phi) is 5.60. The third-order valence-electron chi connectivity index (χ3n) is 3.75. The van der Waals surface area contributed by atoms with Gasteiger partial charge in [0.1, 0.15) is 5.75 Å². The van der Waals surface area contributed by atoms with Crippen LogP contribution < -0.4 is 0 Å². The van der Waals surface area contributed by atoms with E-state index < -0.39 is 5.97 Å². The van der Waals surface area contributed by atoms with Crippen molar-refractivity contribution in [1.29, 1.82) is 0 Å². The molecule has 1 atom stereocenters. The maximum atomic E-state index is 12.7. The van der Waals surface area contributed by atoms with Gasteiger partial charge in [-0.3, -0.25) is 4.79 Å². The Morgan fingerprint density at radius 3 is 2.70 bits per heavy atom. The van der Waals surface area contributed by atoms with E-state index in [0.717, 1.165) is 6.42 Å². The second-order valence-corrected chi connectivity index (χ2v) is 6.13. The topological polar surface area (TPSA) is 76.1 Å². The summed E-state index contributed by atoms with van der Waals surface area (Å²) in [5.41, 5.74) is 0.429. The first-order valence-electron chi connectivity index (χ1n) is 7.74. The van der Waals surface area contributed by atoms with Crippen LogP contribution >= 0.6 is 0 Å². The number of esters is 1. The second-order valence-electron chi connectivity index (χ2n) is 6.13. The number of carbonyl (C=O) groups excluding carboxylic acids is 2. The van der Waals surface area contributed by atoms with Crippen molar-refractivity contribution in [3.05, 3.63) is 29.3 Å². The lowest BCUT2D eigenvalue weighted by Gasteiger charge is -2.33. The molecule has 0 bridgehead atoms. The van der Waals surface area contributed by atoms with E-state index in [-0.39, 0.29) is 28.9 Å². The maximum Gasteiger partial charge on any atom is 0.338 e. The quantitative estimate of drug-likeness (QED) is 0.859. The molecule has 0 aromatic heterocycles. The Morgan fingerprint density at radius 2 is 2.04 bits per heavy atom. The van der Waals surface area contributed by atoms with Crippen molar-refractivity contribution in [1.82, 2.24) is 4.90 Å². The van der Waals surface area contributed by atoms with E-state index in [1.54, 1.807) is 4.90 Å². The van der Waals surface area contributed by atoms with E-state index in [0.29, 0.717) is 25.6 Å². The standard InChI is InChI=1S/C17H23NO5/c1-11(2)6-15-10-18(4-5-23-15)16(20)12-7-13(17(21)22-3)9-14(19)8-12/h7-9,11,15,19H,4-6,10H2,1-3H3/t15-/m0/s1. The highest BCUT2D eigenvalue weighted by atomic mass is 16.5. The second kappa shape index (κ2) is 7.46. The molecular formula is C17H23NO5. The van der Waals surface area contributed by atoms with Gasteiger partial charge >= 0.3 is 5.97 Å². The zero-order valence-corrected chi connectivity index (χ0v) is 13.7. The lowest BCUT2D eigenvalue weighted by atomic mass is 10.0. The van der Waals surface area contributed by atoms with Crippen molar-refractivity contribution in [2.75, 3.05) is 26.8 Å². The summed E-state index contributed by atoms with van der Waals surface area (Å²) in [5.74, 6) is -0.456. The summed E-state index contributed by atoms with van der Waals surface area (Å²) in [7, 11) is 1.26. The highest BCUT2D eigenvalue weighted by molar-refractivity contribution is 5.98. The molecule has 0 saturated carbocycles. The SMILES string of the molecule is COC(=O)c1cc(O)cc(C(=O)N2CCO[C@@H](CC(C)C)C2)c1. The van der Waals surface area contributed by atoms with Gasteiger partial charge < -0.3 is 19.5 Å². The number of ether oxygens (including phenoxy) is 2. The number of morpholine rings is 1. The number of methoxy groups -OCH3 is 1. The van der Waals surface area contributed by atoms with Crippen LogP contribution in [0.3, 0.4) is 0 Å². The van der Waals surface area contributed by atoms with Gasteiger partial charge in [-0.05, 0) is 30.5 Å². The van der Waals surface area contributed by atoms with E-state index >= 15 is 0 Å². The average Bonchev–Trinajstić information content (AvgIpc) is 2.52. The van der Waals surface area contributed by atoms with Gasteiger partial charge in [0.2, 0.25) is 0 Å². The van der Waals surface area contributed by atoms with Crippen molar-refractivity contribution in [3.63, 3.8) is 0 Å². The number of rotatable bonds is 4. The van der Waals surface area contributed by atoms with Crippen LogP contribution in [0, 0.1) is 5.92 Å². The summed E-state index contributed by atoms with van der Waals surface area (Å²) in [6.45, 7) is 5.73. The largest absolute Gasteiger partial charge is 0.508 e. The van der Waals surface area contributed by atoms with Gasteiger partial charge in [-0.25, -0.2) is 4.79 Å². The number of hydrogen-bond acceptors (Lipinski definition) is 5.